The van der Waals surface area contributed by atoms with Gasteiger partial charge in [-0.2, -0.15) is 0 Å². The lowest BCUT2D eigenvalue weighted by atomic mass is 10.0. The lowest BCUT2D eigenvalue weighted by Gasteiger charge is -2.14. The van der Waals surface area contributed by atoms with Gasteiger partial charge in [0.05, 0.1) is 18.6 Å². The Morgan fingerprint density at radius 1 is 1.38 bits per heavy atom. The SMILES string of the molecule is C=COCCCNC(=O)Nc1c(Br)cc(C(C)C)cc1Br. The number of nitrogens with one attached hydrogen (secondary N) is 2. The number of carbonyl (C=O) groups is 1. The highest BCUT2D eigenvalue weighted by atomic mass is 79.9. The molecule has 6 heteroatoms. The van der Waals surface area contributed by atoms with Crippen molar-refractivity contribution in [1.29, 1.82) is 0 Å². The first-order valence-electron chi connectivity index (χ1n) is 6.72. The standard InChI is InChI=1S/C15H20Br2N2O2/c1-4-21-7-5-6-18-15(20)19-14-12(16)8-11(10(2)3)9-13(14)17/h4,8-10H,1,5-7H2,2-3H3,(H2,18,19,20). The van der Waals surface area contributed by atoms with E-state index in [-0.39, 0.29) is 6.03 Å². The Kier molecular flexibility index (Phi) is 7.82. The third-order valence-electron chi connectivity index (χ3n) is 2.81. The summed E-state index contributed by atoms with van der Waals surface area (Å²) in [5.41, 5.74) is 1.92. The first-order valence-corrected chi connectivity index (χ1v) is 8.30. The highest BCUT2D eigenvalue weighted by Gasteiger charge is 2.12. The van der Waals surface area contributed by atoms with E-state index in [2.05, 4.69) is 62.9 Å². The summed E-state index contributed by atoms with van der Waals surface area (Å²) in [7, 11) is 0. The maximum atomic E-state index is 11.8. The predicted molar refractivity (Wildman–Crippen MR) is 93.7 cm³/mol. The van der Waals surface area contributed by atoms with Crippen LogP contribution in [0.4, 0.5) is 10.5 Å². The molecule has 1 rings (SSSR count). The summed E-state index contributed by atoms with van der Waals surface area (Å²) in [6.07, 6.45) is 2.12. The molecule has 0 saturated carbocycles. The van der Waals surface area contributed by atoms with Crippen molar-refractivity contribution in [3.05, 3.63) is 39.5 Å². The van der Waals surface area contributed by atoms with Crippen molar-refractivity contribution in [1.82, 2.24) is 5.32 Å². The molecule has 0 radical (unpaired) electrons. The number of benzene rings is 1. The van der Waals surface area contributed by atoms with Gasteiger partial charge in [-0.25, -0.2) is 4.79 Å². The number of amides is 2. The summed E-state index contributed by atoms with van der Waals surface area (Å²) in [6.45, 7) is 8.79. The zero-order valence-corrected chi connectivity index (χ0v) is 15.4. The zero-order chi connectivity index (χ0) is 15.8. The first kappa shape index (κ1) is 18.0. The molecule has 0 spiro atoms. The molecule has 0 bridgehead atoms. The van der Waals surface area contributed by atoms with Gasteiger partial charge in [0.1, 0.15) is 0 Å². The highest BCUT2D eigenvalue weighted by Crippen LogP contribution is 2.34. The zero-order valence-electron chi connectivity index (χ0n) is 12.2. The number of urea groups is 1. The van der Waals surface area contributed by atoms with E-state index in [1.54, 1.807) is 0 Å². The van der Waals surface area contributed by atoms with Crippen LogP contribution in [0.3, 0.4) is 0 Å². The molecule has 0 heterocycles. The van der Waals surface area contributed by atoms with Crippen LogP contribution in [-0.2, 0) is 4.74 Å². The van der Waals surface area contributed by atoms with E-state index in [1.807, 2.05) is 12.1 Å². The molecule has 4 nitrogen and oxygen atoms in total. The minimum Gasteiger partial charge on any atom is -0.502 e. The van der Waals surface area contributed by atoms with Crippen LogP contribution in [0.25, 0.3) is 0 Å². The Morgan fingerprint density at radius 2 is 2.00 bits per heavy atom. The molecule has 21 heavy (non-hydrogen) atoms. The summed E-state index contributed by atoms with van der Waals surface area (Å²) in [6, 6.07) is 3.79. The van der Waals surface area contributed by atoms with Gasteiger partial charge >= 0.3 is 6.03 Å². The average Bonchev–Trinajstić information content (AvgIpc) is 2.42. The van der Waals surface area contributed by atoms with Crippen molar-refractivity contribution in [3.8, 4) is 0 Å². The molecule has 0 saturated heterocycles. The van der Waals surface area contributed by atoms with Crippen molar-refractivity contribution < 1.29 is 9.53 Å². The third-order valence-corrected chi connectivity index (χ3v) is 4.06. The lowest BCUT2D eigenvalue weighted by molar-refractivity contribution is 0.238. The van der Waals surface area contributed by atoms with E-state index in [0.717, 1.165) is 21.1 Å². The number of carbonyl (C=O) groups excluding carboxylic acids is 1. The summed E-state index contributed by atoms with van der Waals surface area (Å²) < 4.78 is 6.69. The first-order chi connectivity index (χ1) is 9.95. The van der Waals surface area contributed by atoms with Gasteiger partial charge < -0.3 is 15.4 Å². The largest absolute Gasteiger partial charge is 0.502 e. The highest BCUT2D eigenvalue weighted by molar-refractivity contribution is 9.11. The van der Waals surface area contributed by atoms with Crippen molar-refractivity contribution in [2.45, 2.75) is 26.2 Å². The van der Waals surface area contributed by atoms with Crippen LogP contribution in [0.15, 0.2) is 33.9 Å². The van der Waals surface area contributed by atoms with Crippen LogP contribution in [0, 0.1) is 0 Å². The Bertz CT molecular complexity index is 481. The molecule has 2 N–H and O–H groups in total. The topological polar surface area (TPSA) is 50.4 Å². The smallest absolute Gasteiger partial charge is 0.319 e. The van der Waals surface area contributed by atoms with Crippen LogP contribution in [-0.4, -0.2) is 19.2 Å². The van der Waals surface area contributed by atoms with E-state index < -0.39 is 0 Å². The molecular formula is C15H20Br2N2O2. The fourth-order valence-electron chi connectivity index (χ4n) is 1.64. The molecule has 0 atom stereocenters. The predicted octanol–water partition coefficient (Wildman–Crippen LogP) is 5.01. The van der Waals surface area contributed by atoms with Gasteiger partial charge in [0.25, 0.3) is 0 Å². The molecule has 0 fully saturated rings. The van der Waals surface area contributed by atoms with E-state index in [9.17, 15) is 4.79 Å². The van der Waals surface area contributed by atoms with Crippen LogP contribution in [0.1, 0.15) is 31.7 Å². The molecule has 0 aliphatic rings. The van der Waals surface area contributed by atoms with E-state index >= 15 is 0 Å². The number of anilines is 1. The monoisotopic (exact) mass is 418 g/mol. The van der Waals surface area contributed by atoms with Crippen molar-refractivity contribution >= 4 is 43.6 Å². The van der Waals surface area contributed by atoms with Gasteiger partial charge in [0.15, 0.2) is 0 Å². The molecule has 1 aromatic carbocycles. The Morgan fingerprint density at radius 3 is 2.52 bits per heavy atom. The number of hydrogen-bond donors (Lipinski definition) is 2. The second-order valence-electron chi connectivity index (χ2n) is 4.79. The van der Waals surface area contributed by atoms with Gasteiger partial charge in [0, 0.05) is 15.5 Å². The second kappa shape index (κ2) is 9.10. The maximum Gasteiger partial charge on any atom is 0.319 e. The number of halogens is 2. The molecule has 116 valence electrons. The minimum atomic E-state index is -0.243. The molecule has 0 aromatic heterocycles. The van der Waals surface area contributed by atoms with Crippen LogP contribution in [0.5, 0.6) is 0 Å². The summed E-state index contributed by atoms with van der Waals surface area (Å²) in [4.78, 5) is 11.8. The Balaban J connectivity index is 2.58. The van der Waals surface area contributed by atoms with Crippen LogP contribution < -0.4 is 10.6 Å². The number of hydrogen-bond acceptors (Lipinski definition) is 2. The summed E-state index contributed by atoms with van der Waals surface area (Å²) in [5.74, 6) is 0.422. The summed E-state index contributed by atoms with van der Waals surface area (Å²) >= 11 is 6.99. The molecule has 0 aliphatic carbocycles. The average molecular weight is 420 g/mol. The van der Waals surface area contributed by atoms with Crippen LogP contribution >= 0.6 is 31.9 Å². The van der Waals surface area contributed by atoms with Crippen molar-refractivity contribution in [2.24, 2.45) is 0 Å². The van der Waals surface area contributed by atoms with Crippen molar-refractivity contribution in [3.63, 3.8) is 0 Å². The number of ether oxygens (including phenoxy) is 1. The molecule has 1 aromatic rings. The molecule has 0 unspecified atom stereocenters. The minimum absolute atomic E-state index is 0.243. The van der Waals surface area contributed by atoms with E-state index in [4.69, 9.17) is 4.74 Å². The summed E-state index contributed by atoms with van der Waals surface area (Å²) in [5, 5.41) is 5.61. The lowest BCUT2D eigenvalue weighted by Crippen LogP contribution is -2.30. The quantitative estimate of drug-likeness (QED) is 0.482. The van der Waals surface area contributed by atoms with E-state index in [1.165, 1.54) is 11.8 Å². The third kappa shape index (κ3) is 6.09. The molecule has 0 aliphatic heterocycles. The molecular weight excluding hydrogens is 400 g/mol. The van der Waals surface area contributed by atoms with E-state index in [0.29, 0.717) is 19.1 Å². The van der Waals surface area contributed by atoms with Gasteiger partial charge in [-0.3, -0.25) is 0 Å². The normalized spacial score (nSPS) is 10.3. The van der Waals surface area contributed by atoms with Gasteiger partial charge in [0.2, 0.25) is 0 Å². The second-order valence-corrected chi connectivity index (χ2v) is 6.49. The van der Waals surface area contributed by atoms with Crippen molar-refractivity contribution in [2.75, 3.05) is 18.5 Å². The van der Waals surface area contributed by atoms with Crippen LogP contribution in [0.2, 0.25) is 0 Å². The fraction of sp³-hybridized carbons (Fsp3) is 0.400. The van der Waals surface area contributed by atoms with Gasteiger partial charge in [-0.05, 0) is 61.9 Å². The maximum absolute atomic E-state index is 11.8. The Labute approximate surface area is 142 Å². The Hall–Kier alpha value is -1.01. The van der Waals surface area contributed by atoms with Gasteiger partial charge in [-0.15, -0.1) is 0 Å². The molecule has 2 amide bonds. The fourth-order valence-corrected chi connectivity index (χ4v) is 3.06. The number of rotatable bonds is 7. The van der Waals surface area contributed by atoms with Gasteiger partial charge in [-0.1, -0.05) is 20.4 Å².